The summed E-state index contributed by atoms with van der Waals surface area (Å²) in [5.74, 6) is 0. The van der Waals surface area contributed by atoms with Crippen molar-refractivity contribution in [2.75, 3.05) is 25.0 Å². The van der Waals surface area contributed by atoms with Crippen LogP contribution in [-0.2, 0) is 0 Å². The Balaban J connectivity index is 2.00. The van der Waals surface area contributed by atoms with E-state index in [1.54, 1.807) is 0 Å². The SMILES string of the molecule is Cc1cc(Br)ccc1N(C)CC1CCCCN1. The highest BCUT2D eigenvalue weighted by molar-refractivity contribution is 9.10. The van der Waals surface area contributed by atoms with Gasteiger partial charge in [-0.1, -0.05) is 22.4 Å². The molecule has 0 radical (unpaired) electrons. The number of likely N-dealkylation sites (N-methyl/N-ethyl adjacent to an activating group) is 1. The first-order chi connectivity index (χ1) is 8.16. The third-order valence-electron chi connectivity index (χ3n) is 3.48. The van der Waals surface area contributed by atoms with Gasteiger partial charge in [-0.25, -0.2) is 0 Å². The summed E-state index contributed by atoms with van der Waals surface area (Å²) < 4.78 is 1.16. The van der Waals surface area contributed by atoms with Gasteiger partial charge in [0.25, 0.3) is 0 Å². The number of anilines is 1. The number of hydrogen-bond donors (Lipinski definition) is 1. The molecular formula is C14H21BrN2. The van der Waals surface area contributed by atoms with Gasteiger partial charge in [0, 0.05) is 29.8 Å². The van der Waals surface area contributed by atoms with Crippen molar-refractivity contribution in [1.29, 1.82) is 0 Å². The maximum absolute atomic E-state index is 3.60. The van der Waals surface area contributed by atoms with Crippen molar-refractivity contribution in [3.8, 4) is 0 Å². The van der Waals surface area contributed by atoms with Gasteiger partial charge in [0.1, 0.15) is 0 Å². The van der Waals surface area contributed by atoms with E-state index in [2.05, 4.69) is 58.3 Å². The molecule has 1 aliphatic rings. The fourth-order valence-corrected chi connectivity index (χ4v) is 3.03. The number of benzene rings is 1. The molecule has 1 fully saturated rings. The normalized spacial score (nSPS) is 20.3. The number of hydrogen-bond acceptors (Lipinski definition) is 2. The third-order valence-corrected chi connectivity index (χ3v) is 3.97. The van der Waals surface area contributed by atoms with E-state index in [1.807, 2.05) is 0 Å². The second kappa shape index (κ2) is 5.87. The molecule has 0 aromatic heterocycles. The first-order valence-electron chi connectivity index (χ1n) is 6.37. The molecule has 0 spiro atoms. The lowest BCUT2D eigenvalue weighted by molar-refractivity contribution is 0.403. The van der Waals surface area contributed by atoms with Crippen molar-refractivity contribution in [2.24, 2.45) is 0 Å². The van der Waals surface area contributed by atoms with Gasteiger partial charge in [-0.15, -0.1) is 0 Å². The topological polar surface area (TPSA) is 15.3 Å². The number of rotatable bonds is 3. The Morgan fingerprint density at radius 1 is 1.41 bits per heavy atom. The van der Waals surface area contributed by atoms with Crippen LogP contribution in [0.3, 0.4) is 0 Å². The Kier molecular flexibility index (Phi) is 4.46. The summed E-state index contributed by atoms with van der Waals surface area (Å²) in [5, 5.41) is 3.60. The highest BCUT2D eigenvalue weighted by atomic mass is 79.9. The van der Waals surface area contributed by atoms with E-state index < -0.39 is 0 Å². The molecule has 94 valence electrons. The summed E-state index contributed by atoms with van der Waals surface area (Å²) in [6.45, 7) is 4.45. The fraction of sp³-hybridized carbons (Fsp3) is 0.571. The molecule has 1 N–H and O–H groups in total. The van der Waals surface area contributed by atoms with E-state index in [0.29, 0.717) is 6.04 Å². The first kappa shape index (κ1) is 12.9. The van der Waals surface area contributed by atoms with E-state index in [-0.39, 0.29) is 0 Å². The van der Waals surface area contributed by atoms with Crippen molar-refractivity contribution in [1.82, 2.24) is 5.32 Å². The minimum atomic E-state index is 0.650. The molecule has 2 rings (SSSR count). The predicted molar refractivity (Wildman–Crippen MR) is 77.8 cm³/mol. The molecule has 2 nitrogen and oxygen atoms in total. The van der Waals surface area contributed by atoms with Crippen molar-refractivity contribution in [3.63, 3.8) is 0 Å². The Morgan fingerprint density at radius 3 is 2.88 bits per heavy atom. The smallest absolute Gasteiger partial charge is 0.0394 e. The van der Waals surface area contributed by atoms with Crippen LogP contribution in [0.4, 0.5) is 5.69 Å². The highest BCUT2D eigenvalue weighted by Crippen LogP contribution is 2.23. The Bertz CT molecular complexity index is 372. The van der Waals surface area contributed by atoms with Crippen molar-refractivity contribution in [3.05, 3.63) is 28.2 Å². The van der Waals surface area contributed by atoms with Gasteiger partial charge < -0.3 is 10.2 Å². The second-order valence-electron chi connectivity index (χ2n) is 4.96. The van der Waals surface area contributed by atoms with Crippen LogP contribution in [0.15, 0.2) is 22.7 Å². The lowest BCUT2D eigenvalue weighted by Crippen LogP contribution is -2.42. The van der Waals surface area contributed by atoms with Crippen molar-refractivity contribution >= 4 is 21.6 Å². The number of piperidine rings is 1. The van der Waals surface area contributed by atoms with Gasteiger partial charge in [-0.3, -0.25) is 0 Å². The summed E-state index contributed by atoms with van der Waals surface area (Å²) in [7, 11) is 2.19. The number of nitrogens with one attached hydrogen (secondary N) is 1. The largest absolute Gasteiger partial charge is 0.373 e. The molecule has 0 amide bonds. The molecule has 3 heteroatoms. The molecule has 1 aromatic carbocycles. The van der Waals surface area contributed by atoms with Crippen molar-refractivity contribution in [2.45, 2.75) is 32.2 Å². The molecule has 1 atom stereocenters. The molecule has 1 aromatic rings. The van der Waals surface area contributed by atoms with Crippen LogP contribution < -0.4 is 10.2 Å². The zero-order valence-electron chi connectivity index (χ0n) is 10.7. The van der Waals surface area contributed by atoms with E-state index in [0.717, 1.165) is 11.0 Å². The maximum atomic E-state index is 3.60. The number of nitrogens with zero attached hydrogens (tertiary/aromatic N) is 1. The van der Waals surface area contributed by atoms with Crippen LogP contribution in [0.25, 0.3) is 0 Å². The number of halogens is 1. The van der Waals surface area contributed by atoms with E-state index in [9.17, 15) is 0 Å². The number of aryl methyl sites for hydroxylation is 1. The van der Waals surface area contributed by atoms with Gasteiger partial charge in [-0.05, 0) is 50.1 Å². The summed E-state index contributed by atoms with van der Waals surface area (Å²) in [6, 6.07) is 7.15. The minimum absolute atomic E-state index is 0.650. The monoisotopic (exact) mass is 296 g/mol. The summed E-state index contributed by atoms with van der Waals surface area (Å²) in [6.07, 6.45) is 4.00. The third kappa shape index (κ3) is 3.46. The lowest BCUT2D eigenvalue weighted by Gasteiger charge is -2.30. The average Bonchev–Trinajstić information content (AvgIpc) is 2.30. The Hall–Kier alpha value is -0.540. The van der Waals surface area contributed by atoms with Gasteiger partial charge in [0.2, 0.25) is 0 Å². The molecule has 0 saturated carbocycles. The highest BCUT2D eigenvalue weighted by Gasteiger charge is 2.15. The molecule has 1 heterocycles. The Morgan fingerprint density at radius 2 is 2.24 bits per heavy atom. The van der Waals surface area contributed by atoms with Gasteiger partial charge in [0.05, 0.1) is 0 Å². The molecule has 1 unspecified atom stereocenters. The predicted octanol–water partition coefficient (Wildman–Crippen LogP) is 3.34. The van der Waals surface area contributed by atoms with Crippen LogP contribution >= 0.6 is 15.9 Å². The molecule has 1 saturated heterocycles. The lowest BCUT2D eigenvalue weighted by atomic mass is 10.0. The van der Waals surface area contributed by atoms with Gasteiger partial charge in [-0.2, -0.15) is 0 Å². The van der Waals surface area contributed by atoms with Crippen LogP contribution in [0.1, 0.15) is 24.8 Å². The first-order valence-corrected chi connectivity index (χ1v) is 7.17. The van der Waals surface area contributed by atoms with Gasteiger partial charge in [0.15, 0.2) is 0 Å². The van der Waals surface area contributed by atoms with Crippen LogP contribution in [0.5, 0.6) is 0 Å². The van der Waals surface area contributed by atoms with Crippen molar-refractivity contribution < 1.29 is 0 Å². The summed E-state index contributed by atoms with van der Waals surface area (Å²) in [5.41, 5.74) is 2.67. The molecule has 17 heavy (non-hydrogen) atoms. The zero-order valence-corrected chi connectivity index (χ0v) is 12.3. The molecule has 0 bridgehead atoms. The average molecular weight is 297 g/mol. The van der Waals surface area contributed by atoms with Gasteiger partial charge >= 0.3 is 0 Å². The van der Waals surface area contributed by atoms with Crippen LogP contribution in [-0.4, -0.2) is 26.2 Å². The maximum Gasteiger partial charge on any atom is 0.0394 e. The van der Waals surface area contributed by atoms with Crippen LogP contribution in [0.2, 0.25) is 0 Å². The summed E-state index contributed by atoms with van der Waals surface area (Å²) >= 11 is 3.51. The van der Waals surface area contributed by atoms with Crippen LogP contribution in [0, 0.1) is 6.92 Å². The Labute approximate surface area is 113 Å². The van der Waals surface area contributed by atoms with E-state index >= 15 is 0 Å². The molecule has 0 aliphatic carbocycles. The second-order valence-corrected chi connectivity index (χ2v) is 5.87. The summed E-state index contributed by atoms with van der Waals surface area (Å²) in [4.78, 5) is 2.37. The van der Waals surface area contributed by atoms with E-state index in [4.69, 9.17) is 0 Å². The van der Waals surface area contributed by atoms with E-state index in [1.165, 1.54) is 37.1 Å². The quantitative estimate of drug-likeness (QED) is 0.920. The molecule has 1 aliphatic heterocycles. The molecular weight excluding hydrogens is 276 g/mol. The standard InChI is InChI=1S/C14H21BrN2/c1-11-9-12(15)6-7-14(11)17(2)10-13-5-3-4-8-16-13/h6-7,9,13,16H,3-5,8,10H2,1-2H3. The zero-order chi connectivity index (χ0) is 12.3. The fourth-order valence-electron chi connectivity index (χ4n) is 2.56. The minimum Gasteiger partial charge on any atom is -0.373 e.